The van der Waals surface area contributed by atoms with Gasteiger partial charge in [-0.3, -0.25) is 0 Å². The lowest BCUT2D eigenvalue weighted by molar-refractivity contribution is 0.0738. The number of nitrogens with zero attached hydrogens (tertiary/aromatic N) is 1. The third kappa shape index (κ3) is 1.54. The van der Waals surface area contributed by atoms with Crippen molar-refractivity contribution in [3.8, 4) is 0 Å². The van der Waals surface area contributed by atoms with Crippen LogP contribution in [0.3, 0.4) is 0 Å². The van der Waals surface area contributed by atoms with Crippen LogP contribution < -0.4 is 5.32 Å². The molecule has 0 saturated carbocycles. The quantitative estimate of drug-likeness (QED) is 0.776. The van der Waals surface area contributed by atoms with E-state index in [-0.39, 0.29) is 5.54 Å². The lowest BCUT2D eigenvalue weighted by atomic mass is 9.81. The maximum Gasteiger partial charge on any atom is 0.129 e. The molecule has 2 bridgehead atoms. The van der Waals surface area contributed by atoms with Crippen LogP contribution in [-0.2, 0) is 0 Å². The molecule has 3 nitrogen and oxygen atoms in total. The minimum atomic E-state index is -0.468. The third-order valence-electron chi connectivity index (χ3n) is 3.96. The highest BCUT2D eigenvalue weighted by molar-refractivity contribution is 6.29. The van der Waals surface area contributed by atoms with Gasteiger partial charge in [-0.15, -0.1) is 0 Å². The van der Waals surface area contributed by atoms with Gasteiger partial charge in [-0.2, -0.15) is 0 Å². The Balaban J connectivity index is 1.87. The van der Waals surface area contributed by atoms with E-state index in [0.29, 0.717) is 11.2 Å². The van der Waals surface area contributed by atoms with Crippen LogP contribution in [0.1, 0.15) is 37.4 Å². The van der Waals surface area contributed by atoms with Crippen LogP contribution in [0.4, 0.5) is 0 Å². The van der Waals surface area contributed by atoms with Crippen LogP contribution in [0.25, 0.3) is 0 Å². The fraction of sp³-hybridized carbons (Fsp3) is 0.583. The summed E-state index contributed by atoms with van der Waals surface area (Å²) in [6, 6.07) is 4.20. The van der Waals surface area contributed by atoms with E-state index >= 15 is 0 Å². The van der Waals surface area contributed by atoms with Gasteiger partial charge in [0.15, 0.2) is 0 Å². The first kappa shape index (κ1) is 10.5. The van der Waals surface area contributed by atoms with Crippen LogP contribution in [0.5, 0.6) is 0 Å². The third-order valence-corrected chi connectivity index (χ3v) is 4.18. The SMILES string of the molecule is OC(c1ccc(Cl)nc1)C12CCC(CC1)N2. The molecule has 3 heterocycles. The number of pyridine rings is 1. The first-order valence-electron chi connectivity index (χ1n) is 5.77. The number of nitrogens with one attached hydrogen (secondary N) is 1. The van der Waals surface area contributed by atoms with Gasteiger partial charge in [-0.05, 0) is 31.7 Å². The van der Waals surface area contributed by atoms with Gasteiger partial charge in [0.1, 0.15) is 5.15 Å². The van der Waals surface area contributed by atoms with Crippen molar-refractivity contribution in [3.63, 3.8) is 0 Å². The van der Waals surface area contributed by atoms with Crippen molar-refractivity contribution >= 4 is 11.6 Å². The number of hydrogen-bond acceptors (Lipinski definition) is 3. The number of rotatable bonds is 2. The predicted molar refractivity (Wildman–Crippen MR) is 62.3 cm³/mol. The molecular formula is C12H15ClN2O. The van der Waals surface area contributed by atoms with Gasteiger partial charge in [0.2, 0.25) is 0 Å². The second-order valence-corrected chi connectivity index (χ2v) is 5.28. The first-order valence-corrected chi connectivity index (χ1v) is 6.15. The number of aliphatic hydroxyl groups is 1. The van der Waals surface area contributed by atoms with Gasteiger partial charge < -0.3 is 10.4 Å². The van der Waals surface area contributed by atoms with Crippen LogP contribution in [0, 0.1) is 0 Å². The minimum absolute atomic E-state index is 0.111. The lowest BCUT2D eigenvalue weighted by Gasteiger charge is -2.32. The molecule has 16 heavy (non-hydrogen) atoms. The molecule has 4 heteroatoms. The molecule has 2 saturated heterocycles. The van der Waals surface area contributed by atoms with E-state index in [1.807, 2.05) is 6.07 Å². The average Bonchev–Trinajstić information content (AvgIpc) is 2.90. The van der Waals surface area contributed by atoms with Gasteiger partial charge in [0.05, 0.1) is 6.10 Å². The van der Waals surface area contributed by atoms with E-state index < -0.39 is 6.10 Å². The van der Waals surface area contributed by atoms with Crippen molar-refractivity contribution in [2.45, 2.75) is 43.4 Å². The number of halogens is 1. The molecule has 3 rings (SSSR count). The van der Waals surface area contributed by atoms with Gasteiger partial charge in [-0.25, -0.2) is 4.98 Å². The molecule has 2 aliphatic heterocycles. The second-order valence-electron chi connectivity index (χ2n) is 4.89. The zero-order valence-electron chi connectivity index (χ0n) is 8.99. The number of aromatic nitrogens is 1. The van der Waals surface area contributed by atoms with Crippen molar-refractivity contribution in [1.29, 1.82) is 0 Å². The Bertz CT molecular complexity index is 385. The molecule has 0 aliphatic carbocycles. The van der Waals surface area contributed by atoms with Gasteiger partial charge in [0.25, 0.3) is 0 Å². The lowest BCUT2D eigenvalue weighted by Crippen LogP contribution is -2.42. The number of aliphatic hydroxyl groups excluding tert-OH is 1. The van der Waals surface area contributed by atoms with Crippen molar-refractivity contribution < 1.29 is 5.11 Å². The average molecular weight is 239 g/mol. The van der Waals surface area contributed by atoms with Crippen molar-refractivity contribution in [2.24, 2.45) is 0 Å². The number of hydrogen-bond donors (Lipinski definition) is 2. The summed E-state index contributed by atoms with van der Waals surface area (Å²) < 4.78 is 0. The summed E-state index contributed by atoms with van der Waals surface area (Å²) in [5, 5.41) is 14.5. The summed E-state index contributed by atoms with van der Waals surface area (Å²) >= 11 is 5.74. The minimum Gasteiger partial charge on any atom is -0.386 e. The Labute approximate surface area is 99.8 Å². The van der Waals surface area contributed by atoms with Crippen LogP contribution in [-0.4, -0.2) is 21.7 Å². The smallest absolute Gasteiger partial charge is 0.129 e. The molecule has 1 unspecified atom stereocenters. The molecule has 2 aliphatic rings. The molecule has 86 valence electrons. The highest BCUT2D eigenvalue weighted by Gasteiger charge is 2.49. The first-order chi connectivity index (χ1) is 7.70. The normalized spacial score (nSPS) is 34.2. The van der Waals surface area contributed by atoms with Gasteiger partial charge in [-0.1, -0.05) is 17.7 Å². The number of fused-ring (bicyclic) bond motifs is 2. The highest BCUT2D eigenvalue weighted by atomic mass is 35.5. The van der Waals surface area contributed by atoms with Crippen LogP contribution in [0.15, 0.2) is 18.3 Å². The summed E-state index contributed by atoms with van der Waals surface area (Å²) in [5.74, 6) is 0. The molecule has 0 spiro atoms. The molecule has 1 aromatic rings. The molecule has 2 fully saturated rings. The van der Waals surface area contributed by atoms with E-state index in [9.17, 15) is 5.11 Å². The Morgan fingerprint density at radius 1 is 1.44 bits per heavy atom. The second kappa shape index (κ2) is 3.69. The Kier molecular flexibility index (Phi) is 2.42. The fourth-order valence-corrected chi connectivity index (χ4v) is 3.16. The Hall–Kier alpha value is -0.640. The standard InChI is InChI=1S/C12H15ClN2O/c13-10-2-1-8(7-14-10)11(16)12-5-3-9(15-12)4-6-12/h1-2,7,9,11,15-16H,3-6H2. The molecule has 2 N–H and O–H groups in total. The maximum atomic E-state index is 10.4. The summed E-state index contributed by atoms with van der Waals surface area (Å²) in [6.45, 7) is 0. The maximum absolute atomic E-state index is 10.4. The predicted octanol–water partition coefficient (Wildman–Crippen LogP) is 2.05. The van der Waals surface area contributed by atoms with Gasteiger partial charge >= 0.3 is 0 Å². The van der Waals surface area contributed by atoms with Crippen LogP contribution >= 0.6 is 11.6 Å². The van der Waals surface area contributed by atoms with Crippen molar-refractivity contribution in [1.82, 2.24) is 10.3 Å². The van der Waals surface area contributed by atoms with E-state index in [1.54, 1.807) is 12.3 Å². The molecular weight excluding hydrogens is 224 g/mol. The van der Waals surface area contributed by atoms with E-state index in [0.717, 1.165) is 18.4 Å². The van der Waals surface area contributed by atoms with E-state index in [2.05, 4.69) is 10.3 Å². The molecule has 0 amide bonds. The zero-order valence-corrected chi connectivity index (χ0v) is 9.74. The Morgan fingerprint density at radius 2 is 2.19 bits per heavy atom. The fourth-order valence-electron chi connectivity index (χ4n) is 3.05. The summed E-state index contributed by atoms with van der Waals surface area (Å²) in [5.41, 5.74) is 0.750. The van der Waals surface area contributed by atoms with Gasteiger partial charge in [0, 0.05) is 23.3 Å². The van der Waals surface area contributed by atoms with E-state index in [1.165, 1.54) is 12.8 Å². The largest absolute Gasteiger partial charge is 0.386 e. The zero-order chi connectivity index (χ0) is 11.2. The molecule has 0 radical (unpaired) electrons. The van der Waals surface area contributed by atoms with Crippen LogP contribution in [0.2, 0.25) is 5.15 Å². The van der Waals surface area contributed by atoms with Crippen molar-refractivity contribution in [2.75, 3.05) is 0 Å². The topological polar surface area (TPSA) is 45.2 Å². The molecule has 0 aromatic carbocycles. The summed E-state index contributed by atoms with van der Waals surface area (Å²) in [7, 11) is 0. The Morgan fingerprint density at radius 3 is 2.69 bits per heavy atom. The molecule has 1 aromatic heterocycles. The van der Waals surface area contributed by atoms with Crippen molar-refractivity contribution in [3.05, 3.63) is 29.0 Å². The molecule has 1 atom stereocenters. The summed E-state index contributed by atoms with van der Waals surface area (Å²) in [6.07, 6.45) is 5.68. The monoisotopic (exact) mass is 238 g/mol. The van der Waals surface area contributed by atoms with E-state index in [4.69, 9.17) is 11.6 Å². The highest BCUT2D eigenvalue weighted by Crippen LogP contribution is 2.45. The summed E-state index contributed by atoms with van der Waals surface area (Å²) in [4.78, 5) is 4.03.